The van der Waals surface area contributed by atoms with E-state index < -0.39 is 97.5 Å². The molecule has 0 fully saturated rings. The van der Waals surface area contributed by atoms with Gasteiger partial charge < -0.3 is 33.8 Å². The first-order chi connectivity index (χ1) is 49.8. The van der Waals surface area contributed by atoms with Gasteiger partial charge >= 0.3 is 39.5 Å². The average molecular weight is 1510 g/mol. The number of rotatable bonds is 82. The number of phosphoric acid groups is 2. The largest absolute Gasteiger partial charge is 0.472 e. The molecule has 0 aliphatic rings. The minimum Gasteiger partial charge on any atom is -0.462 e. The number of carbonyl (C=O) groups is 4. The quantitative estimate of drug-likeness (QED) is 0.0222. The van der Waals surface area contributed by atoms with E-state index in [1.807, 2.05) is 0 Å². The SMILES string of the molecule is CCCCCCCCCCCCCCCCCCC(=O)O[C@H](COC(=O)CCCCCCCCCCC(C)CC)COP(=O)(O)OC[C@H](O)COP(=O)(O)OC[C@@H](COC(=O)CCCCCCCCCCCCCCCC(C)C)OC(=O)CCCCCCCCCCCCCCCCCCC(C)C. The lowest BCUT2D eigenvalue weighted by atomic mass is 9.99. The monoisotopic (exact) mass is 1510 g/mol. The molecule has 0 spiro atoms. The van der Waals surface area contributed by atoms with Crippen LogP contribution in [0.3, 0.4) is 0 Å². The predicted octanol–water partition coefficient (Wildman–Crippen LogP) is 25.3. The van der Waals surface area contributed by atoms with Crippen LogP contribution >= 0.6 is 15.6 Å². The summed E-state index contributed by atoms with van der Waals surface area (Å²) in [4.78, 5) is 73.2. The van der Waals surface area contributed by atoms with Crippen LogP contribution in [-0.4, -0.2) is 96.7 Å². The maximum Gasteiger partial charge on any atom is 0.472 e. The molecule has 0 rings (SSSR count). The summed E-state index contributed by atoms with van der Waals surface area (Å²) >= 11 is 0. The van der Waals surface area contributed by atoms with Gasteiger partial charge in [-0.25, -0.2) is 9.13 Å². The Balaban J connectivity index is 5.27. The van der Waals surface area contributed by atoms with Crippen molar-refractivity contribution in [2.75, 3.05) is 39.6 Å². The number of aliphatic hydroxyl groups is 1. The molecule has 3 N–H and O–H groups in total. The van der Waals surface area contributed by atoms with Gasteiger partial charge in [-0.1, -0.05) is 389 Å². The molecule has 0 aromatic carbocycles. The number of ether oxygens (including phenoxy) is 4. The lowest BCUT2D eigenvalue weighted by Crippen LogP contribution is -2.30. The number of unbranched alkanes of at least 4 members (excludes halogenated alkanes) is 49. The Morgan fingerprint density at radius 2 is 0.495 bits per heavy atom. The second kappa shape index (κ2) is 74.2. The zero-order valence-electron chi connectivity index (χ0n) is 67.8. The number of aliphatic hydroxyl groups excluding tert-OH is 1. The van der Waals surface area contributed by atoms with Crippen LogP contribution in [0.1, 0.15) is 440 Å². The molecule has 612 valence electrons. The third-order valence-electron chi connectivity index (χ3n) is 20.0. The molecule has 0 saturated carbocycles. The van der Waals surface area contributed by atoms with Crippen LogP contribution in [0.15, 0.2) is 0 Å². The highest BCUT2D eigenvalue weighted by Crippen LogP contribution is 2.45. The van der Waals surface area contributed by atoms with Crippen LogP contribution in [-0.2, 0) is 65.4 Å². The van der Waals surface area contributed by atoms with E-state index in [2.05, 4.69) is 48.5 Å². The molecule has 17 nitrogen and oxygen atoms in total. The standard InChI is InChI=1S/C84H164O17P2/c1-8-10-11-12-13-14-15-16-17-21-26-32-37-46-53-60-67-84(89)101-80(72-95-82(87)66-59-52-45-40-39-43-50-57-64-77(7)9-2)74-99-103(92,93)97-70-78(85)69-96-102(90,91)98-73-79(71-94-81(86)65-58-51-44-36-31-28-23-25-30-35-42-49-56-63-76(5)6)100-83(88)68-61-54-47-38-33-27-22-19-18-20-24-29-34-41-48-55-62-75(3)4/h75-80,85H,8-74H2,1-7H3,(H,90,91)(H,92,93)/t77?,78-,79-,80-/m1/s1. The summed E-state index contributed by atoms with van der Waals surface area (Å²) in [6.45, 7) is 12.0. The van der Waals surface area contributed by atoms with Crippen molar-refractivity contribution in [3.8, 4) is 0 Å². The second-order valence-corrected chi connectivity index (χ2v) is 34.3. The fourth-order valence-corrected chi connectivity index (χ4v) is 14.6. The van der Waals surface area contributed by atoms with E-state index in [0.717, 1.165) is 108 Å². The highest BCUT2D eigenvalue weighted by molar-refractivity contribution is 7.47. The summed E-state index contributed by atoms with van der Waals surface area (Å²) in [7, 11) is -9.93. The third-order valence-corrected chi connectivity index (χ3v) is 21.9. The molecule has 103 heavy (non-hydrogen) atoms. The first-order valence-electron chi connectivity index (χ1n) is 43.4. The maximum absolute atomic E-state index is 13.1. The molecule has 0 radical (unpaired) electrons. The highest BCUT2D eigenvalue weighted by atomic mass is 31.2. The first kappa shape index (κ1) is 101. The van der Waals surface area contributed by atoms with Crippen molar-refractivity contribution in [3.05, 3.63) is 0 Å². The molecule has 0 aromatic rings. The Bertz CT molecular complexity index is 1990. The summed E-state index contributed by atoms with van der Waals surface area (Å²) in [6.07, 6.45) is 63.7. The van der Waals surface area contributed by atoms with Crippen molar-refractivity contribution in [2.24, 2.45) is 17.8 Å². The molecule has 0 amide bonds. The molecule has 0 aliphatic heterocycles. The number of phosphoric ester groups is 2. The van der Waals surface area contributed by atoms with Crippen molar-refractivity contribution < 1.29 is 80.2 Å². The molecule has 3 unspecified atom stereocenters. The smallest absolute Gasteiger partial charge is 0.462 e. The highest BCUT2D eigenvalue weighted by Gasteiger charge is 2.30. The van der Waals surface area contributed by atoms with Gasteiger partial charge in [0.25, 0.3) is 0 Å². The van der Waals surface area contributed by atoms with Gasteiger partial charge in [-0.15, -0.1) is 0 Å². The summed E-state index contributed by atoms with van der Waals surface area (Å²) < 4.78 is 68.9. The maximum atomic E-state index is 13.1. The fourth-order valence-electron chi connectivity index (χ4n) is 13.0. The summed E-state index contributed by atoms with van der Waals surface area (Å²) in [5, 5.41) is 10.7. The van der Waals surface area contributed by atoms with E-state index in [1.54, 1.807) is 0 Å². The summed E-state index contributed by atoms with van der Waals surface area (Å²) in [5.41, 5.74) is 0. The van der Waals surface area contributed by atoms with Gasteiger partial charge in [-0.3, -0.25) is 37.3 Å². The van der Waals surface area contributed by atoms with E-state index in [1.165, 1.54) is 250 Å². The van der Waals surface area contributed by atoms with Gasteiger partial charge in [-0.2, -0.15) is 0 Å². The summed E-state index contributed by atoms with van der Waals surface area (Å²) in [5.74, 6) is 0.272. The van der Waals surface area contributed by atoms with Crippen LogP contribution in [0.2, 0.25) is 0 Å². The van der Waals surface area contributed by atoms with Crippen molar-refractivity contribution in [1.29, 1.82) is 0 Å². The molecule has 0 aliphatic carbocycles. The van der Waals surface area contributed by atoms with Crippen LogP contribution in [0, 0.1) is 17.8 Å². The zero-order chi connectivity index (χ0) is 75.8. The lowest BCUT2D eigenvalue weighted by molar-refractivity contribution is -0.161. The Morgan fingerprint density at radius 1 is 0.282 bits per heavy atom. The van der Waals surface area contributed by atoms with Gasteiger partial charge in [-0.05, 0) is 43.4 Å². The normalized spacial score (nSPS) is 14.2. The third kappa shape index (κ3) is 76.6. The minimum atomic E-state index is -4.96. The van der Waals surface area contributed by atoms with Crippen molar-refractivity contribution in [1.82, 2.24) is 0 Å². The number of carbonyl (C=O) groups excluding carboxylic acids is 4. The molecule has 0 heterocycles. The van der Waals surface area contributed by atoms with Crippen molar-refractivity contribution in [3.63, 3.8) is 0 Å². The van der Waals surface area contributed by atoms with Crippen molar-refractivity contribution >= 4 is 39.5 Å². The second-order valence-electron chi connectivity index (χ2n) is 31.4. The molecular weight excluding hydrogens is 1340 g/mol. The van der Waals surface area contributed by atoms with Gasteiger partial charge in [0.1, 0.15) is 19.3 Å². The van der Waals surface area contributed by atoms with Gasteiger partial charge in [0.05, 0.1) is 26.4 Å². The minimum absolute atomic E-state index is 0.108. The molecule has 0 aromatic heterocycles. The van der Waals surface area contributed by atoms with Gasteiger partial charge in [0.2, 0.25) is 0 Å². The van der Waals surface area contributed by atoms with E-state index in [9.17, 15) is 43.2 Å². The summed E-state index contributed by atoms with van der Waals surface area (Å²) in [6, 6.07) is 0. The Hall–Kier alpha value is -1.94. The number of esters is 4. The van der Waals surface area contributed by atoms with E-state index in [-0.39, 0.29) is 25.7 Å². The van der Waals surface area contributed by atoms with E-state index in [4.69, 9.17) is 37.0 Å². The van der Waals surface area contributed by atoms with Gasteiger partial charge in [0, 0.05) is 25.7 Å². The van der Waals surface area contributed by atoms with E-state index >= 15 is 0 Å². The first-order valence-corrected chi connectivity index (χ1v) is 46.4. The van der Waals surface area contributed by atoms with E-state index in [0.29, 0.717) is 25.7 Å². The number of hydrogen-bond acceptors (Lipinski definition) is 15. The molecule has 0 bridgehead atoms. The lowest BCUT2D eigenvalue weighted by Gasteiger charge is -2.21. The zero-order valence-corrected chi connectivity index (χ0v) is 69.6. The Labute approximate surface area is 632 Å². The van der Waals surface area contributed by atoms with Crippen LogP contribution in [0.25, 0.3) is 0 Å². The number of hydrogen-bond donors (Lipinski definition) is 3. The van der Waals surface area contributed by atoms with Crippen LogP contribution in [0.5, 0.6) is 0 Å². The molecule has 6 atom stereocenters. The van der Waals surface area contributed by atoms with Crippen molar-refractivity contribution in [2.45, 2.75) is 458 Å². The topological polar surface area (TPSA) is 237 Å². The Morgan fingerprint density at radius 3 is 0.738 bits per heavy atom. The fraction of sp³-hybridized carbons (Fsp3) is 0.952. The van der Waals surface area contributed by atoms with Gasteiger partial charge in [0.15, 0.2) is 12.2 Å². The van der Waals surface area contributed by atoms with Crippen LogP contribution < -0.4 is 0 Å². The average Bonchev–Trinajstić information content (AvgIpc) is 0.909. The molecule has 19 heteroatoms. The predicted molar refractivity (Wildman–Crippen MR) is 423 cm³/mol. The van der Waals surface area contributed by atoms with Crippen LogP contribution in [0.4, 0.5) is 0 Å². The molecule has 0 saturated heterocycles. The molecular formula is C84H164O17P2. The Kier molecular flexibility index (Phi) is 72.8.